The van der Waals surface area contributed by atoms with E-state index < -0.39 is 34.8 Å². The number of rotatable bonds is 4. The Bertz CT molecular complexity index is 888. The highest BCUT2D eigenvalue weighted by Crippen LogP contribution is 2.29. The van der Waals surface area contributed by atoms with Crippen LogP contribution in [0.25, 0.3) is 0 Å². The first-order valence-corrected chi connectivity index (χ1v) is 8.74. The molecule has 0 aliphatic carbocycles. The van der Waals surface area contributed by atoms with Crippen molar-refractivity contribution >= 4 is 28.9 Å². The second-order valence-corrected chi connectivity index (χ2v) is 6.70. The van der Waals surface area contributed by atoms with E-state index >= 15 is 0 Å². The molecule has 1 aliphatic heterocycles. The van der Waals surface area contributed by atoms with Crippen molar-refractivity contribution in [3.8, 4) is 0 Å². The average molecular weight is 400 g/mol. The Morgan fingerprint density at radius 2 is 1.78 bits per heavy atom. The summed E-state index contributed by atoms with van der Waals surface area (Å²) in [5.41, 5.74) is -0.403. The summed E-state index contributed by atoms with van der Waals surface area (Å²) in [5, 5.41) is 1.98. The number of benzene rings is 1. The van der Waals surface area contributed by atoms with E-state index in [2.05, 4.69) is 10.2 Å². The predicted molar refractivity (Wildman–Crippen MR) is 97.2 cm³/mol. The van der Waals surface area contributed by atoms with E-state index in [0.717, 1.165) is 31.6 Å². The van der Waals surface area contributed by atoms with Gasteiger partial charge in [0.25, 0.3) is 5.56 Å². The molecule has 1 aliphatic rings. The first kappa shape index (κ1) is 19.3. The van der Waals surface area contributed by atoms with E-state index in [1.165, 1.54) is 0 Å². The van der Waals surface area contributed by atoms with Gasteiger partial charge in [0.2, 0.25) is 5.91 Å². The maximum absolute atomic E-state index is 12.9. The molecule has 2 heterocycles. The molecule has 1 N–H and O–H groups in total. The molecule has 0 unspecified atom stereocenters. The number of nitrogens with zero attached hydrogens (tertiary/aromatic N) is 2. The van der Waals surface area contributed by atoms with Crippen LogP contribution in [0.4, 0.5) is 24.5 Å². The minimum absolute atomic E-state index is 0.495. The molecular formula is C18H17ClF3N3O2. The quantitative estimate of drug-likeness (QED) is 0.851. The van der Waals surface area contributed by atoms with E-state index in [-0.39, 0.29) is 0 Å². The van der Waals surface area contributed by atoms with E-state index in [9.17, 15) is 22.8 Å². The van der Waals surface area contributed by atoms with Crippen molar-refractivity contribution in [1.29, 1.82) is 0 Å². The summed E-state index contributed by atoms with van der Waals surface area (Å²) in [5.74, 6) is -0.624. The molecule has 0 atom stereocenters. The van der Waals surface area contributed by atoms with Crippen molar-refractivity contribution in [2.45, 2.75) is 25.6 Å². The topological polar surface area (TPSA) is 54.3 Å². The second-order valence-electron chi connectivity index (χ2n) is 6.30. The third-order valence-corrected chi connectivity index (χ3v) is 4.58. The second kappa shape index (κ2) is 7.64. The highest BCUT2D eigenvalue weighted by Gasteiger charge is 2.32. The van der Waals surface area contributed by atoms with Crippen LogP contribution < -0.4 is 15.8 Å². The molecule has 2 aromatic rings. The summed E-state index contributed by atoms with van der Waals surface area (Å²) in [6.45, 7) is 1.41. The largest absolute Gasteiger partial charge is 0.417 e. The zero-order valence-electron chi connectivity index (χ0n) is 14.2. The van der Waals surface area contributed by atoms with Crippen molar-refractivity contribution in [2.24, 2.45) is 0 Å². The lowest BCUT2D eigenvalue weighted by Gasteiger charge is -2.18. The maximum Gasteiger partial charge on any atom is 0.417 e. The van der Waals surface area contributed by atoms with Crippen LogP contribution in [0.3, 0.4) is 0 Å². The summed E-state index contributed by atoms with van der Waals surface area (Å²) in [6, 6.07) is 7.72. The Labute approximate surface area is 158 Å². The number of hydrogen-bond donors (Lipinski definition) is 1. The maximum atomic E-state index is 12.9. The number of carbonyl (C=O) groups is 1. The zero-order chi connectivity index (χ0) is 19.6. The molecule has 0 radical (unpaired) electrons. The zero-order valence-corrected chi connectivity index (χ0v) is 15.0. The van der Waals surface area contributed by atoms with Gasteiger partial charge in [0, 0.05) is 30.7 Å². The van der Waals surface area contributed by atoms with Gasteiger partial charge in [-0.2, -0.15) is 13.2 Å². The molecule has 0 bridgehead atoms. The SMILES string of the molecule is O=C(Cn1cc(C(F)(F)F)cc(Cl)c1=O)Nc1ccc(N2CCCC2)cc1. The molecule has 0 spiro atoms. The van der Waals surface area contributed by atoms with Crippen LogP contribution in [-0.4, -0.2) is 23.6 Å². The summed E-state index contributed by atoms with van der Waals surface area (Å²) in [6.07, 6.45) is -1.79. The molecule has 9 heteroatoms. The molecule has 1 fully saturated rings. The fourth-order valence-corrected chi connectivity index (χ4v) is 3.18. The molecule has 27 heavy (non-hydrogen) atoms. The van der Waals surface area contributed by atoms with Gasteiger partial charge in [-0.25, -0.2) is 0 Å². The van der Waals surface area contributed by atoms with Gasteiger partial charge >= 0.3 is 6.18 Å². The minimum Gasteiger partial charge on any atom is -0.372 e. The number of alkyl halides is 3. The van der Waals surface area contributed by atoms with E-state index in [4.69, 9.17) is 11.6 Å². The van der Waals surface area contributed by atoms with Crippen LogP contribution in [0, 0.1) is 0 Å². The van der Waals surface area contributed by atoms with Crippen LogP contribution in [0.2, 0.25) is 5.02 Å². The van der Waals surface area contributed by atoms with Gasteiger partial charge < -0.3 is 14.8 Å². The third-order valence-electron chi connectivity index (χ3n) is 4.31. The van der Waals surface area contributed by atoms with Crippen LogP contribution in [0.5, 0.6) is 0 Å². The van der Waals surface area contributed by atoms with Gasteiger partial charge in [-0.1, -0.05) is 11.6 Å². The van der Waals surface area contributed by atoms with Crippen LogP contribution >= 0.6 is 11.6 Å². The highest BCUT2D eigenvalue weighted by atomic mass is 35.5. The highest BCUT2D eigenvalue weighted by molar-refractivity contribution is 6.30. The summed E-state index contributed by atoms with van der Waals surface area (Å²) in [7, 11) is 0. The molecule has 1 saturated heterocycles. The number of nitrogens with one attached hydrogen (secondary N) is 1. The molecule has 0 saturated carbocycles. The fraction of sp³-hybridized carbons (Fsp3) is 0.333. The van der Waals surface area contributed by atoms with Gasteiger partial charge in [0.05, 0.1) is 5.56 Å². The molecule has 1 amide bonds. The molecule has 5 nitrogen and oxygen atoms in total. The number of carbonyl (C=O) groups excluding carboxylic acids is 1. The number of hydrogen-bond acceptors (Lipinski definition) is 3. The van der Waals surface area contributed by atoms with E-state index in [0.29, 0.717) is 22.5 Å². The first-order chi connectivity index (χ1) is 12.7. The fourth-order valence-electron chi connectivity index (χ4n) is 2.96. The van der Waals surface area contributed by atoms with Gasteiger partial charge in [-0.3, -0.25) is 9.59 Å². The Kier molecular flexibility index (Phi) is 5.46. The van der Waals surface area contributed by atoms with Gasteiger partial charge in [0.1, 0.15) is 11.6 Å². The summed E-state index contributed by atoms with van der Waals surface area (Å²) >= 11 is 5.58. The number of pyridine rings is 1. The Hall–Kier alpha value is -2.48. The van der Waals surface area contributed by atoms with Crippen LogP contribution in [0.1, 0.15) is 18.4 Å². The number of anilines is 2. The molecule has 144 valence electrons. The van der Waals surface area contributed by atoms with Gasteiger partial charge in [-0.05, 0) is 43.2 Å². The standard InChI is InChI=1S/C18H17ClF3N3O2/c19-15-9-12(18(20,21)22)10-25(17(15)27)11-16(26)23-13-3-5-14(6-4-13)24-7-1-2-8-24/h3-6,9-10H,1-2,7-8,11H2,(H,23,26). The van der Waals surface area contributed by atoms with Crippen molar-refractivity contribution in [1.82, 2.24) is 4.57 Å². The van der Waals surface area contributed by atoms with Gasteiger partial charge in [0.15, 0.2) is 0 Å². The Balaban J connectivity index is 1.70. The monoisotopic (exact) mass is 399 g/mol. The predicted octanol–water partition coefficient (Wildman–Crippen LogP) is 3.76. The number of halogens is 4. The smallest absolute Gasteiger partial charge is 0.372 e. The van der Waals surface area contributed by atoms with E-state index in [1.54, 1.807) is 12.1 Å². The summed E-state index contributed by atoms with van der Waals surface area (Å²) in [4.78, 5) is 26.3. The Morgan fingerprint density at radius 3 is 2.37 bits per heavy atom. The Morgan fingerprint density at radius 1 is 1.15 bits per heavy atom. The molecule has 3 rings (SSSR count). The molecular weight excluding hydrogens is 383 g/mol. The number of amides is 1. The van der Waals surface area contributed by atoms with Gasteiger partial charge in [-0.15, -0.1) is 0 Å². The average Bonchev–Trinajstić information content (AvgIpc) is 3.13. The van der Waals surface area contributed by atoms with Crippen molar-refractivity contribution in [2.75, 3.05) is 23.3 Å². The minimum atomic E-state index is -4.67. The van der Waals surface area contributed by atoms with Crippen molar-refractivity contribution in [3.63, 3.8) is 0 Å². The van der Waals surface area contributed by atoms with Crippen molar-refractivity contribution in [3.05, 3.63) is 57.5 Å². The van der Waals surface area contributed by atoms with Crippen molar-refractivity contribution < 1.29 is 18.0 Å². The molecule has 1 aromatic carbocycles. The number of aromatic nitrogens is 1. The summed E-state index contributed by atoms with van der Waals surface area (Å²) < 4.78 is 39.2. The van der Waals surface area contributed by atoms with Crippen LogP contribution in [-0.2, 0) is 17.5 Å². The molecule has 1 aromatic heterocycles. The lowest BCUT2D eigenvalue weighted by Crippen LogP contribution is -2.29. The third kappa shape index (κ3) is 4.63. The lowest BCUT2D eigenvalue weighted by atomic mass is 10.2. The normalized spacial score (nSPS) is 14.4. The lowest BCUT2D eigenvalue weighted by molar-refractivity contribution is -0.138. The van der Waals surface area contributed by atoms with Crippen LogP contribution in [0.15, 0.2) is 41.3 Å². The first-order valence-electron chi connectivity index (χ1n) is 8.36. The van der Waals surface area contributed by atoms with E-state index in [1.807, 2.05) is 12.1 Å².